The van der Waals surface area contributed by atoms with Gasteiger partial charge in [0.25, 0.3) is 0 Å². The third kappa shape index (κ3) is 2.86. The van der Waals surface area contributed by atoms with E-state index in [0.717, 1.165) is 5.82 Å². The van der Waals surface area contributed by atoms with Crippen LogP contribution < -0.4 is 0 Å². The van der Waals surface area contributed by atoms with E-state index in [9.17, 15) is 0 Å². The Hall–Kier alpha value is -1.37. The van der Waals surface area contributed by atoms with Gasteiger partial charge in [-0.05, 0) is 0 Å². The monoisotopic (exact) mass is 182 g/mol. The number of allylic oxidation sites excluding steroid dienone is 1. The van der Waals surface area contributed by atoms with Crippen LogP contribution in [0.15, 0.2) is 11.5 Å². The van der Waals surface area contributed by atoms with Crippen molar-refractivity contribution in [2.75, 3.05) is 42.3 Å². The quantitative estimate of drug-likeness (QED) is 0.590. The fourth-order valence-electron chi connectivity index (χ4n) is 1.17. The molecular weight excluding hydrogens is 164 g/mol. The molecule has 0 spiro atoms. The highest BCUT2D eigenvalue weighted by molar-refractivity contribution is 5.24. The minimum Gasteiger partial charge on any atom is -0.366 e. The van der Waals surface area contributed by atoms with Gasteiger partial charge >= 0.3 is 0 Å². The van der Waals surface area contributed by atoms with Gasteiger partial charge in [-0.25, -0.2) is 0 Å². The molecule has 4 heteroatoms. The van der Waals surface area contributed by atoms with Gasteiger partial charge in [0, 0.05) is 42.3 Å². The fourth-order valence-corrected chi connectivity index (χ4v) is 1.17. The molecule has 0 aliphatic heterocycles. The number of nitrogens with zero attached hydrogens (tertiary/aromatic N) is 4. The molecule has 4 nitrogen and oxygen atoms in total. The summed E-state index contributed by atoms with van der Waals surface area (Å²) in [4.78, 5) is 5.67. The zero-order valence-corrected chi connectivity index (χ0v) is 9.29. The molecule has 0 N–H and O–H groups in total. The molecule has 0 rings (SSSR count). The van der Waals surface area contributed by atoms with Crippen LogP contribution in [0.4, 0.5) is 0 Å². The molecule has 0 aromatic carbocycles. The Kier molecular flexibility index (Phi) is 4.12. The topological polar surface area (TPSA) is 33.5 Å². The number of hydrogen-bond acceptors (Lipinski definition) is 4. The molecule has 0 saturated heterocycles. The second-order valence-electron chi connectivity index (χ2n) is 3.47. The van der Waals surface area contributed by atoms with Gasteiger partial charge in [-0.15, -0.1) is 0 Å². The third-order valence-electron chi connectivity index (χ3n) is 1.61. The second-order valence-corrected chi connectivity index (χ2v) is 3.47. The Labute approximate surface area is 80.6 Å². The average Bonchev–Trinajstić information content (AvgIpc) is 1.97. The van der Waals surface area contributed by atoms with Crippen LogP contribution in [0.1, 0.15) is 0 Å². The first kappa shape index (κ1) is 11.6. The predicted molar refractivity (Wildman–Crippen MR) is 53.7 cm³/mol. The van der Waals surface area contributed by atoms with Crippen LogP contribution >= 0.6 is 0 Å². The number of rotatable bonds is 3. The van der Waals surface area contributed by atoms with Crippen LogP contribution in [0.3, 0.4) is 0 Å². The standard InChI is InChI=1S/C9H18N4/c1-11(2)8(7-10)9(12(3)4)13(5)6/h1-6H3. The second kappa shape index (κ2) is 4.61. The largest absolute Gasteiger partial charge is 0.366 e. The predicted octanol–water partition coefficient (Wildman–Crippen LogP) is 0.364. The first-order valence-corrected chi connectivity index (χ1v) is 4.08. The Morgan fingerprint density at radius 3 is 1.31 bits per heavy atom. The van der Waals surface area contributed by atoms with E-state index in [1.165, 1.54) is 0 Å². The van der Waals surface area contributed by atoms with Crippen LogP contribution in [0.5, 0.6) is 0 Å². The Balaban J connectivity index is 5.17. The van der Waals surface area contributed by atoms with Crippen molar-refractivity contribution in [3.05, 3.63) is 11.5 Å². The Bertz CT molecular complexity index is 222. The number of nitriles is 1. The highest BCUT2D eigenvalue weighted by Crippen LogP contribution is 2.10. The van der Waals surface area contributed by atoms with Crippen molar-refractivity contribution in [2.45, 2.75) is 0 Å². The molecule has 0 aliphatic carbocycles. The summed E-state index contributed by atoms with van der Waals surface area (Å²) in [6, 6.07) is 2.19. The summed E-state index contributed by atoms with van der Waals surface area (Å²) in [6.45, 7) is 0. The summed E-state index contributed by atoms with van der Waals surface area (Å²) in [5, 5.41) is 8.96. The van der Waals surface area contributed by atoms with E-state index in [0.29, 0.717) is 5.70 Å². The van der Waals surface area contributed by atoms with Gasteiger partial charge in [-0.3, -0.25) is 0 Å². The van der Waals surface area contributed by atoms with Crippen LogP contribution in [0.25, 0.3) is 0 Å². The SMILES string of the molecule is CN(C)C(C#N)=C(N(C)C)N(C)C. The van der Waals surface area contributed by atoms with E-state index in [1.807, 2.05) is 57.0 Å². The first-order valence-electron chi connectivity index (χ1n) is 4.08. The summed E-state index contributed by atoms with van der Waals surface area (Å²) in [5.41, 5.74) is 0.662. The molecule has 0 fully saturated rings. The highest BCUT2D eigenvalue weighted by atomic mass is 15.3. The maximum Gasteiger partial charge on any atom is 0.156 e. The molecule has 0 aromatic heterocycles. The summed E-state index contributed by atoms with van der Waals surface area (Å²) < 4.78 is 0. The van der Waals surface area contributed by atoms with E-state index in [4.69, 9.17) is 5.26 Å². The molecule has 0 atom stereocenters. The molecule has 0 unspecified atom stereocenters. The van der Waals surface area contributed by atoms with Crippen molar-refractivity contribution in [3.8, 4) is 6.07 Å². The minimum absolute atomic E-state index is 0.662. The van der Waals surface area contributed by atoms with E-state index in [2.05, 4.69) is 6.07 Å². The van der Waals surface area contributed by atoms with Gasteiger partial charge in [0.1, 0.15) is 11.9 Å². The molecule has 0 radical (unpaired) electrons. The summed E-state index contributed by atoms with van der Waals surface area (Å²) >= 11 is 0. The van der Waals surface area contributed by atoms with Gasteiger partial charge in [0.15, 0.2) is 5.70 Å². The van der Waals surface area contributed by atoms with Gasteiger partial charge in [0.2, 0.25) is 0 Å². The van der Waals surface area contributed by atoms with Crippen molar-refractivity contribution in [2.24, 2.45) is 0 Å². The average molecular weight is 182 g/mol. The zero-order chi connectivity index (χ0) is 10.6. The number of hydrogen-bond donors (Lipinski definition) is 0. The lowest BCUT2D eigenvalue weighted by Crippen LogP contribution is -2.30. The fraction of sp³-hybridized carbons (Fsp3) is 0.667. The Morgan fingerprint density at radius 2 is 1.23 bits per heavy atom. The van der Waals surface area contributed by atoms with Gasteiger partial charge < -0.3 is 14.7 Å². The maximum absolute atomic E-state index is 8.96. The van der Waals surface area contributed by atoms with E-state index < -0.39 is 0 Å². The summed E-state index contributed by atoms with van der Waals surface area (Å²) in [6.07, 6.45) is 0. The maximum atomic E-state index is 8.96. The van der Waals surface area contributed by atoms with Crippen LogP contribution in [-0.4, -0.2) is 57.0 Å². The lowest BCUT2D eigenvalue weighted by molar-refractivity contribution is 0.318. The third-order valence-corrected chi connectivity index (χ3v) is 1.61. The Morgan fingerprint density at radius 1 is 0.846 bits per heavy atom. The smallest absolute Gasteiger partial charge is 0.156 e. The molecule has 0 amide bonds. The lowest BCUT2D eigenvalue weighted by Gasteiger charge is -2.28. The van der Waals surface area contributed by atoms with Crippen molar-refractivity contribution in [1.82, 2.24) is 14.7 Å². The van der Waals surface area contributed by atoms with E-state index in [1.54, 1.807) is 0 Å². The molecule has 0 heterocycles. The van der Waals surface area contributed by atoms with Crippen molar-refractivity contribution in [3.63, 3.8) is 0 Å². The lowest BCUT2D eigenvalue weighted by atomic mass is 10.4. The van der Waals surface area contributed by atoms with Crippen LogP contribution in [-0.2, 0) is 0 Å². The molecule has 0 bridgehead atoms. The molecule has 0 saturated carbocycles. The first-order chi connectivity index (χ1) is 5.91. The van der Waals surface area contributed by atoms with Crippen molar-refractivity contribution < 1.29 is 0 Å². The van der Waals surface area contributed by atoms with Gasteiger partial charge in [0.05, 0.1) is 0 Å². The van der Waals surface area contributed by atoms with Crippen LogP contribution in [0, 0.1) is 11.3 Å². The van der Waals surface area contributed by atoms with Gasteiger partial charge in [-0.2, -0.15) is 5.26 Å². The van der Waals surface area contributed by atoms with Crippen LogP contribution in [0.2, 0.25) is 0 Å². The highest BCUT2D eigenvalue weighted by Gasteiger charge is 2.12. The van der Waals surface area contributed by atoms with E-state index >= 15 is 0 Å². The molecule has 0 aliphatic rings. The van der Waals surface area contributed by atoms with Crippen molar-refractivity contribution >= 4 is 0 Å². The molecule has 13 heavy (non-hydrogen) atoms. The zero-order valence-electron chi connectivity index (χ0n) is 9.29. The molecule has 74 valence electrons. The summed E-state index contributed by atoms with van der Waals surface area (Å²) in [7, 11) is 11.4. The van der Waals surface area contributed by atoms with E-state index in [-0.39, 0.29) is 0 Å². The normalized spacial score (nSPS) is 8.69. The minimum atomic E-state index is 0.662. The summed E-state index contributed by atoms with van der Waals surface area (Å²) in [5.74, 6) is 0.910. The van der Waals surface area contributed by atoms with Gasteiger partial charge in [-0.1, -0.05) is 0 Å². The molecule has 0 aromatic rings. The van der Waals surface area contributed by atoms with Crippen molar-refractivity contribution in [1.29, 1.82) is 5.26 Å². The molecular formula is C9H18N4.